The maximum absolute atomic E-state index is 11.7. The fourth-order valence-corrected chi connectivity index (χ4v) is 3.01. The molecule has 0 heterocycles. The van der Waals surface area contributed by atoms with Gasteiger partial charge in [-0.05, 0) is 12.3 Å². The van der Waals surface area contributed by atoms with Gasteiger partial charge in [-0.25, -0.2) is 0 Å². The summed E-state index contributed by atoms with van der Waals surface area (Å²) in [7, 11) is 0. The SMILES string of the molecule is CCCCCCCCCC(=O)OCCOCCOCCOCCOCCOCCOCC(C)CC. The van der Waals surface area contributed by atoms with Crippen molar-refractivity contribution in [3.8, 4) is 0 Å². The Hall–Kier alpha value is -0.770. The molecule has 1 atom stereocenters. The molecular weight excluding hydrogens is 452 g/mol. The number of carbonyl (C=O) groups is 1. The predicted octanol–water partition coefficient (Wildman–Crippen LogP) is 4.82. The maximum atomic E-state index is 11.7. The molecule has 35 heavy (non-hydrogen) atoms. The minimum Gasteiger partial charge on any atom is -0.463 e. The fraction of sp³-hybridized carbons (Fsp3) is 0.963. The summed E-state index contributed by atoms with van der Waals surface area (Å²) >= 11 is 0. The minimum absolute atomic E-state index is 0.130. The van der Waals surface area contributed by atoms with Gasteiger partial charge in [-0.1, -0.05) is 65.7 Å². The van der Waals surface area contributed by atoms with E-state index >= 15 is 0 Å². The summed E-state index contributed by atoms with van der Waals surface area (Å²) < 4.78 is 37.9. The van der Waals surface area contributed by atoms with Gasteiger partial charge in [0.2, 0.25) is 0 Å². The molecule has 0 bridgehead atoms. The molecule has 8 nitrogen and oxygen atoms in total. The summed E-state index contributed by atoms with van der Waals surface area (Å²) in [5, 5.41) is 0. The second-order valence-electron chi connectivity index (χ2n) is 8.74. The molecule has 0 rings (SSSR count). The van der Waals surface area contributed by atoms with Gasteiger partial charge in [0.05, 0.1) is 72.7 Å². The molecule has 0 aliphatic heterocycles. The highest BCUT2D eigenvalue weighted by molar-refractivity contribution is 5.69. The Morgan fingerprint density at radius 3 is 1.40 bits per heavy atom. The quantitative estimate of drug-likeness (QED) is 0.106. The van der Waals surface area contributed by atoms with Gasteiger partial charge in [0.1, 0.15) is 6.61 Å². The van der Waals surface area contributed by atoms with Gasteiger partial charge in [0.25, 0.3) is 0 Å². The number of rotatable bonds is 29. The van der Waals surface area contributed by atoms with Crippen LogP contribution in [0, 0.1) is 5.92 Å². The molecule has 0 saturated carbocycles. The van der Waals surface area contributed by atoms with Crippen LogP contribution in [0.5, 0.6) is 0 Å². The van der Waals surface area contributed by atoms with E-state index < -0.39 is 0 Å². The van der Waals surface area contributed by atoms with Gasteiger partial charge in [0, 0.05) is 13.0 Å². The first-order valence-corrected chi connectivity index (χ1v) is 13.8. The molecule has 1 unspecified atom stereocenters. The Labute approximate surface area is 214 Å². The average Bonchev–Trinajstić information content (AvgIpc) is 2.86. The van der Waals surface area contributed by atoms with Crippen molar-refractivity contribution < 1.29 is 38.0 Å². The lowest BCUT2D eigenvalue weighted by Crippen LogP contribution is -2.15. The van der Waals surface area contributed by atoms with Gasteiger partial charge in [-0.3, -0.25) is 4.79 Å². The zero-order valence-electron chi connectivity index (χ0n) is 22.9. The monoisotopic (exact) mass is 506 g/mol. The maximum Gasteiger partial charge on any atom is 0.305 e. The first-order valence-electron chi connectivity index (χ1n) is 13.8. The number of hydrogen-bond acceptors (Lipinski definition) is 8. The topological polar surface area (TPSA) is 81.7 Å². The predicted molar refractivity (Wildman–Crippen MR) is 138 cm³/mol. The van der Waals surface area contributed by atoms with E-state index in [2.05, 4.69) is 20.8 Å². The molecule has 0 saturated heterocycles. The highest BCUT2D eigenvalue weighted by Crippen LogP contribution is 2.08. The van der Waals surface area contributed by atoms with Crippen molar-refractivity contribution in [2.75, 3.05) is 85.9 Å². The van der Waals surface area contributed by atoms with Gasteiger partial charge < -0.3 is 33.2 Å². The van der Waals surface area contributed by atoms with E-state index in [1.54, 1.807) is 0 Å². The van der Waals surface area contributed by atoms with E-state index in [9.17, 15) is 4.79 Å². The molecule has 0 amide bonds. The molecule has 0 aromatic rings. The highest BCUT2D eigenvalue weighted by Gasteiger charge is 2.02. The molecule has 8 heteroatoms. The molecule has 0 N–H and O–H groups in total. The first-order chi connectivity index (χ1) is 17.2. The second-order valence-corrected chi connectivity index (χ2v) is 8.74. The van der Waals surface area contributed by atoms with Crippen LogP contribution in [0.1, 0.15) is 78.6 Å². The van der Waals surface area contributed by atoms with Crippen molar-refractivity contribution in [1.82, 2.24) is 0 Å². The number of hydrogen-bond donors (Lipinski definition) is 0. The van der Waals surface area contributed by atoms with Gasteiger partial charge >= 0.3 is 5.97 Å². The molecular formula is C27H54O8. The van der Waals surface area contributed by atoms with E-state index in [0.29, 0.717) is 91.6 Å². The molecule has 0 fully saturated rings. The van der Waals surface area contributed by atoms with Gasteiger partial charge in [-0.15, -0.1) is 0 Å². The Kier molecular flexibility index (Phi) is 28.8. The van der Waals surface area contributed by atoms with Crippen molar-refractivity contribution in [3.63, 3.8) is 0 Å². The van der Waals surface area contributed by atoms with Gasteiger partial charge in [-0.2, -0.15) is 0 Å². The van der Waals surface area contributed by atoms with E-state index in [4.69, 9.17) is 33.2 Å². The van der Waals surface area contributed by atoms with Crippen LogP contribution in [-0.2, 0) is 38.0 Å². The van der Waals surface area contributed by atoms with E-state index in [1.165, 1.54) is 32.1 Å². The third-order valence-electron chi connectivity index (χ3n) is 5.43. The van der Waals surface area contributed by atoms with Crippen molar-refractivity contribution in [3.05, 3.63) is 0 Å². The number of unbranched alkanes of at least 4 members (excludes halogenated alkanes) is 6. The zero-order valence-corrected chi connectivity index (χ0v) is 22.9. The molecule has 210 valence electrons. The molecule has 0 aromatic carbocycles. The van der Waals surface area contributed by atoms with Gasteiger partial charge in [0.15, 0.2) is 0 Å². The first kappa shape index (κ1) is 34.2. The third kappa shape index (κ3) is 29.4. The second kappa shape index (κ2) is 29.5. The average molecular weight is 507 g/mol. The Bertz CT molecular complexity index is 422. The summed E-state index contributed by atoms with van der Waals surface area (Å²) in [5.74, 6) is 0.471. The molecule has 0 radical (unpaired) electrons. The minimum atomic E-state index is -0.130. The summed E-state index contributed by atoms with van der Waals surface area (Å²) in [6, 6.07) is 0. The Morgan fingerprint density at radius 1 is 0.543 bits per heavy atom. The lowest BCUT2D eigenvalue weighted by atomic mass is 10.1. The van der Waals surface area contributed by atoms with Crippen LogP contribution in [0.4, 0.5) is 0 Å². The largest absolute Gasteiger partial charge is 0.463 e. The molecule has 0 aliphatic carbocycles. The summed E-state index contributed by atoms with van der Waals surface area (Å²) in [4.78, 5) is 11.7. The van der Waals surface area contributed by atoms with Crippen LogP contribution >= 0.6 is 0 Å². The normalized spacial score (nSPS) is 12.2. The van der Waals surface area contributed by atoms with Crippen molar-refractivity contribution in [2.45, 2.75) is 78.6 Å². The number of esters is 1. The summed E-state index contributed by atoms with van der Waals surface area (Å²) in [6.45, 7) is 13.5. The standard InChI is InChI=1S/C27H54O8/c1-4-6-7-8-9-10-11-12-27(28)35-24-23-33-20-19-31-16-15-29-13-14-30-17-18-32-21-22-34-25-26(3)5-2/h26H,4-25H2,1-3H3. The van der Waals surface area contributed by atoms with Crippen LogP contribution in [0.15, 0.2) is 0 Å². The molecule has 0 aliphatic rings. The fourth-order valence-electron chi connectivity index (χ4n) is 3.01. The highest BCUT2D eigenvalue weighted by atomic mass is 16.6. The van der Waals surface area contributed by atoms with Crippen LogP contribution in [-0.4, -0.2) is 91.9 Å². The van der Waals surface area contributed by atoms with Crippen molar-refractivity contribution in [2.24, 2.45) is 5.92 Å². The molecule has 0 aromatic heterocycles. The Morgan fingerprint density at radius 2 is 0.943 bits per heavy atom. The van der Waals surface area contributed by atoms with E-state index in [0.717, 1.165) is 25.9 Å². The smallest absolute Gasteiger partial charge is 0.305 e. The van der Waals surface area contributed by atoms with Crippen molar-refractivity contribution in [1.29, 1.82) is 0 Å². The summed E-state index contributed by atoms with van der Waals surface area (Å²) in [5.41, 5.74) is 0. The summed E-state index contributed by atoms with van der Waals surface area (Å²) in [6.07, 6.45) is 10.0. The number of carbonyl (C=O) groups excluding carboxylic acids is 1. The van der Waals surface area contributed by atoms with E-state index in [-0.39, 0.29) is 5.97 Å². The third-order valence-corrected chi connectivity index (χ3v) is 5.43. The van der Waals surface area contributed by atoms with E-state index in [1.807, 2.05) is 0 Å². The zero-order chi connectivity index (χ0) is 25.7. The Balaban J connectivity index is 3.12. The number of ether oxygens (including phenoxy) is 7. The lowest BCUT2D eigenvalue weighted by molar-refractivity contribution is -0.145. The van der Waals surface area contributed by atoms with Crippen LogP contribution in [0.25, 0.3) is 0 Å². The van der Waals surface area contributed by atoms with Crippen LogP contribution < -0.4 is 0 Å². The van der Waals surface area contributed by atoms with Crippen LogP contribution in [0.3, 0.4) is 0 Å². The van der Waals surface area contributed by atoms with Crippen LogP contribution in [0.2, 0.25) is 0 Å². The lowest BCUT2D eigenvalue weighted by Gasteiger charge is -2.10. The molecule has 0 spiro atoms. The van der Waals surface area contributed by atoms with Crippen molar-refractivity contribution >= 4 is 5.97 Å².